The predicted molar refractivity (Wildman–Crippen MR) is 98.5 cm³/mol. The van der Waals surface area contributed by atoms with Gasteiger partial charge in [0, 0.05) is 23.9 Å². The first kappa shape index (κ1) is 22.2. The molecule has 0 fully saturated rings. The lowest BCUT2D eigenvalue weighted by Gasteiger charge is -2.20. The highest BCUT2D eigenvalue weighted by molar-refractivity contribution is 7.91. The van der Waals surface area contributed by atoms with Crippen LogP contribution in [0.25, 0.3) is 0 Å². The van der Waals surface area contributed by atoms with Crippen LogP contribution < -0.4 is 10.1 Å². The Morgan fingerprint density at radius 1 is 1.23 bits per heavy atom. The number of amides is 1. The van der Waals surface area contributed by atoms with Crippen LogP contribution in [0.3, 0.4) is 0 Å². The zero-order valence-electron chi connectivity index (χ0n) is 15.8. The third kappa shape index (κ3) is 9.03. The molecular weight excluding hydrogens is 361 g/mol. The maximum Gasteiger partial charge on any atom is 0.407 e. The molecule has 26 heavy (non-hydrogen) atoms. The largest absolute Gasteiger partial charge is 0.493 e. The van der Waals surface area contributed by atoms with Gasteiger partial charge in [0.15, 0.2) is 0 Å². The molecule has 1 aromatic rings. The van der Waals surface area contributed by atoms with Gasteiger partial charge >= 0.3 is 6.09 Å². The van der Waals surface area contributed by atoms with Crippen molar-refractivity contribution in [2.45, 2.75) is 52.7 Å². The first-order valence-corrected chi connectivity index (χ1v) is 10.4. The molecule has 0 spiro atoms. The molecule has 0 aromatic heterocycles. The maximum absolute atomic E-state index is 13.5. The SMILES string of the molecule is CCS(=O)(=O)CCCCOc1cc(F)ccc1CNC(=O)OC(C)(C)C. The van der Waals surface area contributed by atoms with E-state index in [1.807, 2.05) is 0 Å². The standard InChI is InChI=1S/C18H28FNO5S/c1-5-26(22,23)11-7-6-10-24-16-12-15(19)9-8-14(16)13-20-17(21)25-18(2,3)4/h8-9,12H,5-7,10-11,13H2,1-4H3,(H,20,21). The van der Waals surface area contributed by atoms with Gasteiger partial charge in [-0.2, -0.15) is 0 Å². The molecule has 0 unspecified atom stereocenters. The molecule has 0 bridgehead atoms. The summed E-state index contributed by atoms with van der Waals surface area (Å²) in [4.78, 5) is 11.7. The highest BCUT2D eigenvalue weighted by atomic mass is 32.2. The molecule has 0 radical (unpaired) electrons. The summed E-state index contributed by atoms with van der Waals surface area (Å²) in [5, 5.41) is 2.60. The van der Waals surface area contributed by atoms with Crippen LogP contribution in [0, 0.1) is 5.82 Å². The van der Waals surface area contributed by atoms with Crippen molar-refractivity contribution in [3.63, 3.8) is 0 Å². The van der Waals surface area contributed by atoms with E-state index < -0.39 is 27.3 Å². The van der Waals surface area contributed by atoms with E-state index in [4.69, 9.17) is 9.47 Å². The molecule has 1 amide bonds. The van der Waals surface area contributed by atoms with Crippen LogP contribution in [-0.2, 0) is 21.1 Å². The average Bonchev–Trinajstić information content (AvgIpc) is 2.52. The number of unbranched alkanes of at least 4 members (excludes halogenated alkanes) is 1. The van der Waals surface area contributed by atoms with Crippen molar-refractivity contribution in [2.24, 2.45) is 0 Å². The fraction of sp³-hybridized carbons (Fsp3) is 0.611. The molecule has 1 N–H and O–H groups in total. The first-order valence-electron chi connectivity index (χ1n) is 8.61. The molecule has 0 aliphatic carbocycles. The van der Waals surface area contributed by atoms with Crippen LogP contribution >= 0.6 is 0 Å². The summed E-state index contributed by atoms with van der Waals surface area (Å²) in [5.74, 6) is 0.107. The molecular formula is C18H28FNO5S. The van der Waals surface area contributed by atoms with E-state index in [1.165, 1.54) is 18.2 Å². The van der Waals surface area contributed by atoms with E-state index >= 15 is 0 Å². The Kier molecular flexibility index (Phi) is 8.33. The van der Waals surface area contributed by atoms with E-state index in [1.54, 1.807) is 27.7 Å². The Bertz CT molecular complexity index is 698. The minimum atomic E-state index is -2.99. The molecule has 6 nitrogen and oxygen atoms in total. The zero-order chi connectivity index (χ0) is 19.8. The van der Waals surface area contributed by atoms with Crippen LogP contribution in [0.4, 0.5) is 9.18 Å². The number of benzene rings is 1. The van der Waals surface area contributed by atoms with Crippen LogP contribution in [0.2, 0.25) is 0 Å². The Morgan fingerprint density at radius 2 is 1.92 bits per heavy atom. The number of carbonyl (C=O) groups is 1. The number of nitrogens with one attached hydrogen (secondary N) is 1. The van der Waals surface area contributed by atoms with Gasteiger partial charge in [0.25, 0.3) is 0 Å². The van der Waals surface area contributed by atoms with Gasteiger partial charge in [0.1, 0.15) is 27.0 Å². The average molecular weight is 389 g/mol. The van der Waals surface area contributed by atoms with Crippen molar-refractivity contribution in [1.82, 2.24) is 5.32 Å². The molecule has 1 rings (SSSR count). The summed E-state index contributed by atoms with van der Waals surface area (Å²) in [6.07, 6.45) is 0.448. The van der Waals surface area contributed by atoms with Gasteiger partial charge in [-0.15, -0.1) is 0 Å². The highest BCUT2D eigenvalue weighted by Crippen LogP contribution is 2.20. The number of halogens is 1. The Labute approximate surface area is 155 Å². The summed E-state index contributed by atoms with van der Waals surface area (Å²) >= 11 is 0. The van der Waals surface area contributed by atoms with E-state index in [9.17, 15) is 17.6 Å². The Hall–Kier alpha value is -1.83. The summed E-state index contributed by atoms with van der Waals surface area (Å²) in [6, 6.07) is 4.06. The number of ether oxygens (including phenoxy) is 2. The van der Waals surface area contributed by atoms with Gasteiger partial charge in [-0.05, 0) is 39.7 Å². The van der Waals surface area contributed by atoms with Gasteiger partial charge in [-0.1, -0.05) is 13.0 Å². The van der Waals surface area contributed by atoms with Crippen molar-refractivity contribution in [3.05, 3.63) is 29.6 Å². The van der Waals surface area contributed by atoms with Crippen molar-refractivity contribution >= 4 is 15.9 Å². The van der Waals surface area contributed by atoms with E-state index in [0.29, 0.717) is 24.2 Å². The van der Waals surface area contributed by atoms with Crippen LogP contribution in [-0.4, -0.2) is 38.2 Å². The second-order valence-corrected chi connectivity index (χ2v) is 9.37. The lowest BCUT2D eigenvalue weighted by Crippen LogP contribution is -2.32. The van der Waals surface area contributed by atoms with Gasteiger partial charge in [0.2, 0.25) is 0 Å². The van der Waals surface area contributed by atoms with Gasteiger partial charge in [0.05, 0.1) is 12.4 Å². The zero-order valence-corrected chi connectivity index (χ0v) is 16.6. The summed E-state index contributed by atoms with van der Waals surface area (Å²) < 4.78 is 47.1. The normalized spacial score (nSPS) is 11.9. The number of carbonyl (C=O) groups excluding carboxylic acids is 1. The summed E-state index contributed by atoms with van der Waals surface area (Å²) in [7, 11) is -2.99. The molecule has 148 valence electrons. The van der Waals surface area contributed by atoms with E-state index in [2.05, 4.69) is 5.32 Å². The number of hydrogen-bond acceptors (Lipinski definition) is 5. The number of hydrogen-bond donors (Lipinski definition) is 1. The van der Waals surface area contributed by atoms with Crippen molar-refractivity contribution in [1.29, 1.82) is 0 Å². The second kappa shape index (κ2) is 9.75. The molecule has 0 aliphatic heterocycles. The first-order chi connectivity index (χ1) is 12.0. The van der Waals surface area contributed by atoms with Crippen molar-refractivity contribution in [3.8, 4) is 5.75 Å². The van der Waals surface area contributed by atoms with Gasteiger partial charge < -0.3 is 14.8 Å². The number of sulfone groups is 1. The minimum absolute atomic E-state index is 0.114. The third-order valence-corrected chi connectivity index (χ3v) is 5.19. The fourth-order valence-corrected chi connectivity index (χ4v) is 2.97. The van der Waals surface area contributed by atoms with Crippen LogP contribution in [0.15, 0.2) is 18.2 Å². The fourth-order valence-electron chi connectivity index (χ4n) is 2.04. The van der Waals surface area contributed by atoms with Gasteiger partial charge in [-0.25, -0.2) is 17.6 Å². The summed E-state index contributed by atoms with van der Waals surface area (Å²) in [6.45, 7) is 7.30. The van der Waals surface area contributed by atoms with Crippen LogP contribution in [0.1, 0.15) is 46.1 Å². The monoisotopic (exact) mass is 389 g/mol. The molecule has 0 atom stereocenters. The Balaban J connectivity index is 2.55. The predicted octanol–water partition coefficient (Wildman–Crippen LogP) is 3.44. The molecule has 0 heterocycles. The topological polar surface area (TPSA) is 81.7 Å². The number of alkyl carbamates (subject to hydrolysis) is 1. The van der Waals surface area contributed by atoms with E-state index in [-0.39, 0.29) is 24.7 Å². The lowest BCUT2D eigenvalue weighted by atomic mass is 10.2. The summed E-state index contributed by atoms with van der Waals surface area (Å²) in [5.41, 5.74) is 0.00355. The molecule has 8 heteroatoms. The number of rotatable bonds is 9. The Morgan fingerprint density at radius 3 is 2.54 bits per heavy atom. The van der Waals surface area contributed by atoms with Crippen molar-refractivity contribution in [2.75, 3.05) is 18.1 Å². The third-order valence-electron chi connectivity index (χ3n) is 3.40. The minimum Gasteiger partial charge on any atom is -0.493 e. The molecule has 0 aliphatic rings. The second-order valence-electron chi connectivity index (χ2n) is 6.90. The highest BCUT2D eigenvalue weighted by Gasteiger charge is 2.16. The smallest absolute Gasteiger partial charge is 0.407 e. The van der Waals surface area contributed by atoms with Crippen LogP contribution in [0.5, 0.6) is 5.75 Å². The van der Waals surface area contributed by atoms with Crippen molar-refractivity contribution < 1.29 is 27.1 Å². The molecule has 0 saturated heterocycles. The van der Waals surface area contributed by atoms with E-state index in [0.717, 1.165) is 0 Å². The molecule has 0 saturated carbocycles. The molecule has 1 aromatic carbocycles. The maximum atomic E-state index is 13.5. The lowest BCUT2D eigenvalue weighted by molar-refractivity contribution is 0.0523. The van der Waals surface area contributed by atoms with Gasteiger partial charge in [-0.3, -0.25) is 0 Å². The quantitative estimate of drug-likeness (QED) is 0.654.